The molecule has 0 spiro atoms. The van der Waals surface area contributed by atoms with Crippen LogP contribution in [0.25, 0.3) is 0 Å². The molecule has 1 aromatic rings. The van der Waals surface area contributed by atoms with Crippen LogP contribution in [0.15, 0.2) is 4.47 Å². The maximum Gasteiger partial charge on any atom is 0.436 e. The van der Waals surface area contributed by atoms with Crippen molar-refractivity contribution in [2.75, 3.05) is 5.73 Å². The Bertz CT molecular complexity index is 343. The second-order valence-corrected chi connectivity index (χ2v) is 3.88. The normalized spacial score (nSPS) is 12.5. The zero-order chi connectivity index (χ0) is 11.1. The molecule has 14 heavy (non-hydrogen) atoms. The van der Waals surface area contributed by atoms with Crippen molar-refractivity contribution < 1.29 is 13.2 Å². The Morgan fingerprint density at radius 2 is 1.93 bits per heavy atom. The van der Waals surface area contributed by atoms with Crippen LogP contribution < -0.4 is 5.73 Å². The second kappa shape index (κ2) is 3.45. The first-order valence-electron chi connectivity index (χ1n) is 3.85. The molecule has 7 heteroatoms. The molecular formula is C7H9BrF3N3. The van der Waals surface area contributed by atoms with Gasteiger partial charge in [-0.25, -0.2) is 4.68 Å². The Morgan fingerprint density at radius 1 is 1.43 bits per heavy atom. The van der Waals surface area contributed by atoms with Crippen molar-refractivity contribution in [3.63, 3.8) is 0 Å². The van der Waals surface area contributed by atoms with Gasteiger partial charge in [-0.3, -0.25) is 0 Å². The Morgan fingerprint density at radius 3 is 2.14 bits per heavy atom. The number of hydrogen-bond donors (Lipinski definition) is 1. The van der Waals surface area contributed by atoms with E-state index in [1.54, 1.807) is 13.8 Å². The minimum Gasteiger partial charge on any atom is -0.383 e. The third-order valence-corrected chi connectivity index (χ3v) is 2.43. The van der Waals surface area contributed by atoms with Gasteiger partial charge in [0.15, 0.2) is 5.69 Å². The lowest BCUT2D eigenvalue weighted by molar-refractivity contribution is -0.142. The van der Waals surface area contributed by atoms with E-state index in [2.05, 4.69) is 21.0 Å². The van der Waals surface area contributed by atoms with Gasteiger partial charge in [-0.1, -0.05) is 0 Å². The van der Waals surface area contributed by atoms with Crippen LogP contribution in [0.3, 0.4) is 0 Å². The standard InChI is InChI=1S/C7H9BrF3N3/c1-3(2)14-6(12)4(8)5(13-14)7(9,10)11/h3H,12H2,1-2H3. The summed E-state index contributed by atoms with van der Waals surface area (Å²) in [4.78, 5) is 0. The van der Waals surface area contributed by atoms with E-state index in [1.807, 2.05) is 0 Å². The minimum atomic E-state index is -4.48. The number of hydrogen-bond acceptors (Lipinski definition) is 2. The molecule has 0 saturated carbocycles. The Hall–Kier alpha value is -0.720. The molecule has 0 aromatic carbocycles. The highest BCUT2D eigenvalue weighted by molar-refractivity contribution is 9.10. The molecule has 0 aliphatic rings. The molecule has 0 fully saturated rings. The Kier molecular flexibility index (Phi) is 2.80. The molecule has 3 nitrogen and oxygen atoms in total. The molecule has 0 atom stereocenters. The summed E-state index contributed by atoms with van der Waals surface area (Å²) in [5, 5.41) is 3.40. The molecule has 0 aliphatic carbocycles. The van der Waals surface area contributed by atoms with Gasteiger partial charge in [0.2, 0.25) is 0 Å². The van der Waals surface area contributed by atoms with Crippen molar-refractivity contribution in [1.29, 1.82) is 0 Å². The highest BCUT2D eigenvalue weighted by Gasteiger charge is 2.38. The maximum absolute atomic E-state index is 12.3. The summed E-state index contributed by atoms with van der Waals surface area (Å²) in [5.74, 6) is -0.00711. The van der Waals surface area contributed by atoms with E-state index in [1.165, 1.54) is 0 Å². The van der Waals surface area contributed by atoms with Crippen molar-refractivity contribution >= 4 is 21.7 Å². The van der Waals surface area contributed by atoms with Gasteiger partial charge < -0.3 is 5.73 Å². The van der Waals surface area contributed by atoms with Crippen LogP contribution in [-0.4, -0.2) is 9.78 Å². The largest absolute Gasteiger partial charge is 0.436 e. The number of nitrogen functional groups attached to an aromatic ring is 1. The molecular weight excluding hydrogens is 263 g/mol. The van der Waals surface area contributed by atoms with E-state index < -0.39 is 11.9 Å². The van der Waals surface area contributed by atoms with Gasteiger partial charge in [0.05, 0.1) is 4.47 Å². The average Bonchev–Trinajstić information content (AvgIpc) is 2.28. The van der Waals surface area contributed by atoms with Gasteiger partial charge in [-0.2, -0.15) is 18.3 Å². The van der Waals surface area contributed by atoms with E-state index >= 15 is 0 Å². The van der Waals surface area contributed by atoms with Crippen LogP contribution in [0.5, 0.6) is 0 Å². The predicted molar refractivity (Wildman–Crippen MR) is 49.7 cm³/mol. The number of nitrogens with two attached hydrogens (primary N) is 1. The van der Waals surface area contributed by atoms with Crippen molar-refractivity contribution in [2.24, 2.45) is 0 Å². The van der Waals surface area contributed by atoms with Crippen LogP contribution in [0.4, 0.5) is 19.0 Å². The SMILES string of the molecule is CC(C)n1nc(C(F)(F)F)c(Br)c1N. The number of alkyl halides is 3. The average molecular weight is 272 g/mol. The number of rotatable bonds is 1. The maximum atomic E-state index is 12.3. The summed E-state index contributed by atoms with van der Waals surface area (Å²) in [7, 11) is 0. The Labute approximate surface area is 87.2 Å². The van der Waals surface area contributed by atoms with Crippen molar-refractivity contribution in [3.05, 3.63) is 10.2 Å². The molecule has 1 rings (SSSR count). The third kappa shape index (κ3) is 1.87. The van der Waals surface area contributed by atoms with Crippen molar-refractivity contribution in [1.82, 2.24) is 9.78 Å². The predicted octanol–water partition coefficient (Wildman–Crippen LogP) is 2.83. The fraction of sp³-hybridized carbons (Fsp3) is 0.571. The fourth-order valence-corrected chi connectivity index (χ4v) is 1.49. The lowest BCUT2D eigenvalue weighted by Crippen LogP contribution is -2.10. The van der Waals surface area contributed by atoms with Crippen LogP contribution >= 0.6 is 15.9 Å². The summed E-state index contributed by atoms with van der Waals surface area (Å²) >= 11 is 2.78. The topological polar surface area (TPSA) is 43.8 Å². The Balaban J connectivity index is 3.29. The number of halogens is 4. The third-order valence-electron chi connectivity index (χ3n) is 1.64. The van der Waals surface area contributed by atoms with Crippen LogP contribution in [0.1, 0.15) is 25.6 Å². The molecule has 80 valence electrons. The first-order valence-corrected chi connectivity index (χ1v) is 4.65. The molecule has 0 aliphatic heterocycles. The van der Waals surface area contributed by atoms with Gasteiger partial charge in [-0.05, 0) is 29.8 Å². The van der Waals surface area contributed by atoms with Gasteiger partial charge in [0, 0.05) is 6.04 Å². The van der Waals surface area contributed by atoms with Gasteiger partial charge in [0.25, 0.3) is 0 Å². The number of aromatic nitrogens is 2. The van der Waals surface area contributed by atoms with Crippen LogP contribution in [-0.2, 0) is 6.18 Å². The molecule has 0 saturated heterocycles. The highest BCUT2D eigenvalue weighted by Crippen LogP contribution is 2.37. The molecule has 1 heterocycles. The van der Waals surface area contributed by atoms with Crippen LogP contribution in [0, 0.1) is 0 Å². The molecule has 1 aromatic heterocycles. The summed E-state index contributed by atoms with van der Waals surface area (Å²) in [5.41, 5.74) is 4.47. The first-order chi connectivity index (χ1) is 6.25. The highest BCUT2D eigenvalue weighted by atomic mass is 79.9. The number of nitrogens with zero attached hydrogens (tertiary/aromatic N) is 2. The molecule has 2 N–H and O–H groups in total. The van der Waals surface area contributed by atoms with Gasteiger partial charge in [-0.15, -0.1) is 0 Å². The van der Waals surface area contributed by atoms with Crippen LogP contribution in [0.2, 0.25) is 0 Å². The summed E-state index contributed by atoms with van der Waals surface area (Å²) in [6.45, 7) is 3.41. The zero-order valence-corrected chi connectivity index (χ0v) is 9.15. The fourth-order valence-electron chi connectivity index (χ4n) is 1.00. The lowest BCUT2D eigenvalue weighted by atomic mass is 10.4. The molecule has 0 bridgehead atoms. The van der Waals surface area contributed by atoms with E-state index in [-0.39, 0.29) is 16.3 Å². The monoisotopic (exact) mass is 271 g/mol. The second-order valence-electron chi connectivity index (χ2n) is 3.08. The minimum absolute atomic E-state index is 0.00711. The molecule has 0 radical (unpaired) electrons. The molecule has 0 amide bonds. The van der Waals surface area contributed by atoms with E-state index in [9.17, 15) is 13.2 Å². The smallest absolute Gasteiger partial charge is 0.383 e. The quantitative estimate of drug-likeness (QED) is 0.854. The van der Waals surface area contributed by atoms with Crippen molar-refractivity contribution in [2.45, 2.75) is 26.1 Å². The summed E-state index contributed by atoms with van der Waals surface area (Å²) < 4.78 is 38.0. The zero-order valence-electron chi connectivity index (χ0n) is 7.56. The molecule has 0 unspecified atom stereocenters. The summed E-state index contributed by atoms with van der Waals surface area (Å²) in [6.07, 6.45) is -4.48. The number of anilines is 1. The van der Waals surface area contributed by atoms with Gasteiger partial charge in [0.1, 0.15) is 5.82 Å². The van der Waals surface area contributed by atoms with E-state index in [4.69, 9.17) is 5.73 Å². The van der Waals surface area contributed by atoms with Crippen molar-refractivity contribution in [3.8, 4) is 0 Å². The van der Waals surface area contributed by atoms with Gasteiger partial charge >= 0.3 is 6.18 Å². The van der Waals surface area contributed by atoms with E-state index in [0.717, 1.165) is 4.68 Å². The summed E-state index contributed by atoms with van der Waals surface area (Å²) in [6, 6.07) is -0.206. The first kappa shape index (κ1) is 11.4. The lowest BCUT2D eigenvalue weighted by Gasteiger charge is -2.06. The van der Waals surface area contributed by atoms with E-state index in [0.29, 0.717) is 0 Å².